The molecule has 1 unspecified atom stereocenters. The van der Waals surface area contributed by atoms with E-state index < -0.39 is 0 Å². The maximum atomic E-state index is 12.5. The molecule has 1 aromatic heterocycles. The van der Waals surface area contributed by atoms with E-state index in [0.717, 1.165) is 48.2 Å². The summed E-state index contributed by atoms with van der Waals surface area (Å²) >= 11 is 1.49. The minimum absolute atomic E-state index is 0.0566. The van der Waals surface area contributed by atoms with Gasteiger partial charge in [-0.2, -0.15) is 0 Å². The molecule has 138 valence electrons. The van der Waals surface area contributed by atoms with Crippen molar-refractivity contribution < 1.29 is 9.59 Å². The fourth-order valence-corrected chi connectivity index (χ4v) is 4.17. The molecule has 6 heteroatoms. The number of unbranched alkanes of at least 4 members (excludes halogenated alkanes) is 1. The Labute approximate surface area is 158 Å². The second-order valence-electron chi connectivity index (χ2n) is 6.74. The lowest BCUT2D eigenvalue weighted by molar-refractivity contribution is -0.122. The highest BCUT2D eigenvalue weighted by atomic mass is 32.1. The average molecular weight is 372 g/mol. The Morgan fingerprint density at radius 1 is 1.27 bits per heavy atom. The molecular weight excluding hydrogens is 346 g/mol. The van der Waals surface area contributed by atoms with Gasteiger partial charge in [-0.05, 0) is 44.7 Å². The van der Waals surface area contributed by atoms with Crippen LogP contribution in [-0.4, -0.2) is 23.3 Å². The van der Waals surface area contributed by atoms with Gasteiger partial charge in [0, 0.05) is 17.0 Å². The Morgan fingerprint density at radius 3 is 2.77 bits per heavy atom. The number of carbonyl (C=O) groups excluding carboxylic acids is 2. The summed E-state index contributed by atoms with van der Waals surface area (Å²) in [7, 11) is 0. The predicted octanol–water partition coefficient (Wildman–Crippen LogP) is 4.04. The van der Waals surface area contributed by atoms with Crippen molar-refractivity contribution in [2.75, 3.05) is 11.9 Å². The van der Waals surface area contributed by atoms with E-state index in [2.05, 4.69) is 22.5 Å². The minimum Gasteiger partial charge on any atom is -0.356 e. The highest BCUT2D eigenvalue weighted by Gasteiger charge is 2.30. The number of thiazole rings is 1. The van der Waals surface area contributed by atoms with Crippen LogP contribution in [0.4, 0.5) is 5.13 Å². The summed E-state index contributed by atoms with van der Waals surface area (Å²) in [6.07, 6.45) is 4.76. The molecule has 0 fully saturated rings. The Morgan fingerprint density at radius 2 is 2.04 bits per heavy atom. The second-order valence-corrected chi connectivity index (χ2v) is 7.82. The summed E-state index contributed by atoms with van der Waals surface area (Å²) < 4.78 is 0. The maximum Gasteiger partial charge on any atom is 0.257 e. The lowest BCUT2D eigenvalue weighted by Crippen LogP contribution is -2.32. The molecule has 2 N–H and O–H groups in total. The summed E-state index contributed by atoms with van der Waals surface area (Å²) in [4.78, 5) is 30.6. The maximum absolute atomic E-state index is 12.5. The quantitative estimate of drug-likeness (QED) is 0.753. The number of hydrogen-bond acceptors (Lipinski definition) is 4. The topological polar surface area (TPSA) is 71.1 Å². The van der Waals surface area contributed by atoms with E-state index in [1.54, 1.807) is 0 Å². The SMILES string of the molecule is CCCCNC(=O)C1CCCc2sc(NC(=O)c3ccc(C)cc3)nc21. The molecule has 1 atom stereocenters. The number of fused-ring (bicyclic) bond motifs is 1. The van der Waals surface area contributed by atoms with Crippen molar-refractivity contribution in [2.24, 2.45) is 0 Å². The first-order valence-corrected chi connectivity index (χ1v) is 10.1. The van der Waals surface area contributed by atoms with Crippen molar-refractivity contribution in [1.82, 2.24) is 10.3 Å². The van der Waals surface area contributed by atoms with E-state index in [1.807, 2.05) is 31.2 Å². The number of aryl methyl sites for hydroxylation is 2. The number of hydrogen-bond donors (Lipinski definition) is 2. The van der Waals surface area contributed by atoms with Gasteiger partial charge < -0.3 is 5.32 Å². The first kappa shape index (κ1) is 18.6. The molecule has 0 aliphatic heterocycles. The molecule has 2 amide bonds. The van der Waals surface area contributed by atoms with Crippen LogP contribution in [0.15, 0.2) is 24.3 Å². The van der Waals surface area contributed by atoms with Gasteiger partial charge in [0.1, 0.15) is 0 Å². The number of nitrogens with zero attached hydrogens (tertiary/aromatic N) is 1. The van der Waals surface area contributed by atoms with Crippen molar-refractivity contribution in [2.45, 2.75) is 51.9 Å². The van der Waals surface area contributed by atoms with E-state index in [0.29, 0.717) is 17.2 Å². The summed E-state index contributed by atoms with van der Waals surface area (Å²) in [5.74, 6) is -0.307. The van der Waals surface area contributed by atoms with Crippen LogP contribution in [0.3, 0.4) is 0 Å². The molecule has 26 heavy (non-hydrogen) atoms. The molecule has 5 nitrogen and oxygen atoms in total. The minimum atomic E-state index is -0.197. The molecule has 0 bridgehead atoms. The number of anilines is 1. The number of amides is 2. The van der Waals surface area contributed by atoms with Gasteiger partial charge in [0.2, 0.25) is 5.91 Å². The van der Waals surface area contributed by atoms with Crippen LogP contribution < -0.4 is 10.6 Å². The zero-order valence-corrected chi connectivity index (χ0v) is 16.1. The van der Waals surface area contributed by atoms with Crippen LogP contribution >= 0.6 is 11.3 Å². The van der Waals surface area contributed by atoms with Gasteiger partial charge in [0.15, 0.2) is 5.13 Å². The van der Waals surface area contributed by atoms with E-state index in [1.165, 1.54) is 11.3 Å². The van der Waals surface area contributed by atoms with Gasteiger partial charge in [-0.25, -0.2) is 4.98 Å². The van der Waals surface area contributed by atoms with Crippen LogP contribution in [0.2, 0.25) is 0 Å². The van der Waals surface area contributed by atoms with Gasteiger partial charge >= 0.3 is 0 Å². The average Bonchev–Trinajstić information content (AvgIpc) is 3.04. The van der Waals surface area contributed by atoms with Crippen molar-refractivity contribution in [3.05, 3.63) is 46.0 Å². The summed E-state index contributed by atoms with van der Waals surface area (Å²) in [6.45, 7) is 4.80. The summed E-state index contributed by atoms with van der Waals surface area (Å²) in [5, 5.41) is 6.47. The zero-order chi connectivity index (χ0) is 18.5. The van der Waals surface area contributed by atoms with Crippen LogP contribution in [0, 0.1) is 6.92 Å². The molecule has 1 aliphatic rings. The van der Waals surface area contributed by atoms with E-state index in [-0.39, 0.29) is 17.7 Å². The third-order valence-corrected chi connectivity index (χ3v) is 5.68. The molecule has 1 aromatic carbocycles. The van der Waals surface area contributed by atoms with E-state index >= 15 is 0 Å². The molecule has 0 saturated heterocycles. The second kappa shape index (κ2) is 8.45. The number of carbonyl (C=O) groups is 2. The van der Waals surface area contributed by atoms with Gasteiger partial charge in [0.25, 0.3) is 5.91 Å². The predicted molar refractivity (Wildman–Crippen MR) is 105 cm³/mol. The Bertz CT molecular complexity index is 783. The highest BCUT2D eigenvalue weighted by molar-refractivity contribution is 7.15. The van der Waals surface area contributed by atoms with Crippen LogP contribution in [0.1, 0.15) is 65.0 Å². The standard InChI is InChI=1S/C20H25N3O2S/c1-3-4-12-21-19(25)15-6-5-7-16-17(15)22-20(26-16)23-18(24)14-10-8-13(2)9-11-14/h8-11,15H,3-7,12H2,1-2H3,(H,21,25)(H,22,23,24). The number of aromatic nitrogens is 1. The molecule has 3 rings (SSSR count). The first-order valence-electron chi connectivity index (χ1n) is 9.23. The smallest absolute Gasteiger partial charge is 0.257 e. The summed E-state index contributed by atoms with van der Waals surface area (Å²) in [6, 6.07) is 7.45. The van der Waals surface area contributed by atoms with Crippen LogP contribution in [0.25, 0.3) is 0 Å². The zero-order valence-electron chi connectivity index (χ0n) is 15.3. The molecule has 0 saturated carbocycles. The van der Waals surface area contributed by atoms with Crippen molar-refractivity contribution in [1.29, 1.82) is 0 Å². The van der Waals surface area contributed by atoms with Crippen LogP contribution in [-0.2, 0) is 11.2 Å². The largest absolute Gasteiger partial charge is 0.356 e. The third-order valence-electron chi connectivity index (χ3n) is 4.63. The first-order chi connectivity index (χ1) is 12.6. The van der Waals surface area contributed by atoms with Crippen molar-refractivity contribution in [3.63, 3.8) is 0 Å². The number of nitrogens with one attached hydrogen (secondary N) is 2. The Balaban J connectivity index is 1.71. The Hall–Kier alpha value is -2.21. The summed E-state index contributed by atoms with van der Waals surface area (Å²) in [5.41, 5.74) is 2.57. The monoisotopic (exact) mass is 371 g/mol. The third kappa shape index (κ3) is 4.30. The normalized spacial score (nSPS) is 16.0. The number of benzene rings is 1. The van der Waals surface area contributed by atoms with Crippen molar-refractivity contribution in [3.8, 4) is 0 Å². The lowest BCUT2D eigenvalue weighted by Gasteiger charge is -2.20. The van der Waals surface area contributed by atoms with Crippen molar-refractivity contribution >= 4 is 28.3 Å². The van der Waals surface area contributed by atoms with E-state index in [4.69, 9.17) is 0 Å². The van der Waals surface area contributed by atoms with Gasteiger partial charge in [-0.3, -0.25) is 14.9 Å². The van der Waals surface area contributed by atoms with Gasteiger partial charge in [-0.15, -0.1) is 11.3 Å². The van der Waals surface area contributed by atoms with E-state index in [9.17, 15) is 9.59 Å². The molecule has 0 radical (unpaired) electrons. The molecule has 1 heterocycles. The fraction of sp³-hybridized carbons (Fsp3) is 0.450. The highest BCUT2D eigenvalue weighted by Crippen LogP contribution is 2.37. The molecule has 1 aliphatic carbocycles. The molecule has 0 spiro atoms. The number of rotatable bonds is 6. The fourth-order valence-electron chi connectivity index (χ4n) is 3.11. The van der Waals surface area contributed by atoms with Gasteiger partial charge in [-0.1, -0.05) is 31.0 Å². The molecular formula is C20H25N3O2S. The van der Waals surface area contributed by atoms with Gasteiger partial charge in [0.05, 0.1) is 11.6 Å². The van der Waals surface area contributed by atoms with Crippen LogP contribution in [0.5, 0.6) is 0 Å². The lowest BCUT2D eigenvalue weighted by atomic mass is 9.90. The Kier molecular flexibility index (Phi) is 6.04. The molecule has 2 aromatic rings.